The van der Waals surface area contributed by atoms with Crippen LogP contribution >= 0.6 is 0 Å². The second-order valence-corrected chi connectivity index (χ2v) is 7.39. The first-order valence-corrected chi connectivity index (χ1v) is 8.90. The number of nitrogens with zero attached hydrogens (tertiary/aromatic N) is 1. The lowest BCUT2D eigenvalue weighted by molar-refractivity contribution is 0.114. The van der Waals surface area contributed by atoms with Crippen LogP contribution in [0.1, 0.15) is 33.1 Å². The van der Waals surface area contributed by atoms with E-state index in [1.165, 1.54) is 0 Å². The summed E-state index contributed by atoms with van der Waals surface area (Å²) in [7, 11) is -1.54. The number of nitrogens with one attached hydrogen (secondary N) is 2. The summed E-state index contributed by atoms with van der Waals surface area (Å²) in [5, 5.41) is 3.07. The first kappa shape index (κ1) is 17.8. The molecule has 1 saturated heterocycles. The van der Waals surface area contributed by atoms with E-state index in [1.807, 2.05) is 7.05 Å². The predicted molar refractivity (Wildman–Crippen MR) is 80.9 cm³/mol. The van der Waals surface area contributed by atoms with E-state index < -0.39 is 10.2 Å². The predicted octanol–water partition coefficient (Wildman–Crippen LogP) is 0.567. The molecule has 0 aromatic heterocycles. The summed E-state index contributed by atoms with van der Waals surface area (Å²) in [5.41, 5.74) is 0. The van der Waals surface area contributed by atoms with E-state index in [2.05, 4.69) is 23.9 Å². The Balaban J connectivity index is 2.41. The van der Waals surface area contributed by atoms with Crippen molar-refractivity contribution in [2.24, 2.45) is 5.92 Å². The molecule has 0 aliphatic carbocycles. The SMILES string of the molecule is CNCC1CCCCN1S(=O)(=O)NCCOCC(C)C. The minimum atomic E-state index is -3.39. The lowest BCUT2D eigenvalue weighted by atomic mass is 10.1. The highest BCUT2D eigenvalue weighted by Crippen LogP contribution is 2.19. The van der Waals surface area contributed by atoms with Gasteiger partial charge in [0.25, 0.3) is 10.2 Å². The van der Waals surface area contributed by atoms with Crippen LogP contribution in [-0.4, -0.2) is 58.7 Å². The maximum Gasteiger partial charge on any atom is 0.279 e. The zero-order chi connectivity index (χ0) is 15.0. The summed E-state index contributed by atoms with van der Waals surface area (Å²) in [6, 6.07) is 0.0582. The lowest BCUT2D eigenvalue weighted by Crippen LogP contribution is -2.52. The van der Waals surface area contributed by atoms with Gasteiger partial charge < -0.3 is 10.1 Å². The van der Waals surface area contributed by atoms with E-state index >= 15 is 0 Å². The number of hydrogen-bond acceptors (Lipinski definition) is 4. The molecule has 1 rings (SSSR count). The first-order valence-electron chi connectivity index (χ1n) is 7.46. The van der Waals surface area contributed by atoms with Crippen molar-refractivity contribution in [2.75, 3.05) is 39.9 Å². The van der Waals surface area contributed by atoms with Crippen LogP contribution in [0.4, 0.5) is 0 Å². The smallest absolute Gasteiger partial charge is 0.279 e. The number of piperidine rings is 1. The zero-order valence-electron chi connectivity index (χ0n) is 12.9. The van der Waals surface area contributed by atoms with Crippen molar-refractivity contribution < 1.29 is 13.2 Å². The molecule has 0 aromatic carbocycles. The molecule has 2 N–H and O–H groups in total. The third-order valence-electron chi connectivity index (χ3n) is 3.30. The molecule has 6 nitrogen and oxygen atoms in total. The van der Waals surface area contributed by atoms with Gasteiger partial charge in [0, 0.05) is 32.3 Å². The fraction of sp³-hybridized carbons (Fsp3) is 1.00. The van der Waals surface area contributed by atoms with Gasteiger partial charge >= 0.3 is 0 Å². The van der Waals surface area contributed by atoms with Gasteiger partial charge in [-0.15, -0.1) is 0 Å². The standard InChI is InChI=1S/C13H29N3O3S/c1-12(2)11-19-9-7-15-20(17,18)16-8-5-4-6-13(16)10-14-3/h12-15H,4-11H2,1-3H3. The third-order valence-corrected chi connectivity index (χ3v) is 4.97. The Bertz CT molecular complexity index is 358. The molecule has 0 saturated carbocycles. The number of rotatable bonds is 9. The van der Waals surface area contributed by atoms with Gasteiger partial charge in [-0.25, -0.2) is 0 Å². The average Bonchev–Trinajstić information content (AvgIpc) is 2.38. The van der Waals surface area contributed by atoms with Gasteiger partial charge in [-0.2, -0.15) is 17.4 Å². The molecule has 1 unspecified atom stereocenters. The normalized spacial score (nSPS) is 21.5. The topological polar surface area (TPSA) is 70.7 Å². The molecule has 1 aliphatic rings. The Hall–Kier alpha value is -0.210. The van der Waals surface area contributed by atoms with E-state index in [9.17, 15) is 8.42 Å². The van der Waals surface area contributed by atoms with Gasteiger partial charge in [-0.05, 0) is 25.8 Å². The monoisotopic (exact) mass is 307 g/mol. The van der Waals surface area contributed by atoms with Crippen LogP contribution in [0.3, 0.4) is 0 Å². The van der Waals surface area contributed by atoms with Crippen LogP contribution in [0.15, 0.2) is 0 Å². The van der Waals surface area contributed by atoms with E-state index in [-0.39, 0.29) is 6.04 Å². The molecule has 1 fully saturated rings. The van der Waals surface area contributed by atoms with Crippen LogP contribution in [-0.2, 0) is 14.9 Å². The Morgan fingerprint density at radius 3 is 2.75 bits per heavy atom. The zero-order valence-corrected chi connectivity index (χ0v) is 13.7. The Labute approximate surface area is 123 Å². The van der Waals surface area contributed by atoms with Gasteiger partial charge in [0.05, 0.1) is 6.61 Å². The van der Waals surface area contributed by atoms with Crippen molar-refractivity contribution in [3.63, 3.8) is 0 Å². The molecular weight excluding hydrogens is 278 g/mol. The second-order valence-electron chi connectivity index (χ2n) is 5.69. The highest BCUT2D eigenvalue weighted by atomic mass is 32.2. The maximum absolute atomic E-state index is 12.3. The third kappa shape index (κ3) is 6.05. The molecule has 7 heteroatoms. The van der Waals surface area contributed by atoms with Crippen molar-refractivity contribution in [3.8, 4) is 0 Å². The fourth-order valence-corrected chi connectivity index (χ4v) is 3.82. The number of hydrogen-bond donors (Lipinski definition) is 2. The van der Waals surface area contributed by atoms with Crippen molar-refractivity contribution >= 4 is 10.2 Å². The highest BCUT2D eigenvalue weighted by Gasteiger charge is 2.31. The van der Waals surface area contributed by atoms with E-state index in [1.54, 1.807) is 4.31 Å². The van der Waals surface area contributed by atoms with Gasteiger partial charge in [-0.3, -0.25) is 0 Å². The number of ether oxygens (including phenoxy) is 1. The van der Waals surface area contributed by atoms with Gasteiger partial charge in [-0.1, -0.05) is 20.3 Å². The number of likely N-dealkylation sites (N-methyl/N-ethyl adjacent to an activating group) is 1. The molecule has 0 radical (unpaired) electrons. The summed E-state index contributed by atoms with van der Waals surface area (Å²) in [6.07, 6.45) is 2.95. The molecule has 1 aliphatic heterocycles. The van der Waals surface area contributed by atoms with E-state index in [0.29, 0.717) is 38.8 Å². The quantitative estimate of drug-likeness (QED) is 0.611. The van der Waals surface area contributed by atoms with Crippen LogP contribution in [0, 0.1) is 5.92 Å². The molecule has 1 heterocycles. The first-order chi connectivity index (χ1) is 9.47. The summed E-state index contributed by atoms with van der Waals surface area (Å²) in [4.78, 5) is 0. The Kier molecular flexibility index (Phi) is 7.98. The Morgan fingerprint density at radius 1 is 1.35 bits per heavy atom. The van der Waals surface area contributed by atoms with Crippen LogP contribution < -0.4 is 10.0 Å². The van der Waals surface area contributed by atoms with Crippen molar-refractivity contribution in [2.45, 2.75) is 39.2 Å². The summed E-state index contributed by atoms with van der Waals surface area (Å²) >= 11 is 0. The molecule has 0 amide bonds. The second kappa shape index (κ2) is 8.94. The molecule has 0 spiro atoms. The molecule has 120 valence electrons. The molecular formula is C13H29N3O3S. The van der Waals surface area contributed by atoms with Crippen LogP contribution in [0.5, 0.6) is 0 Å². The van der Waals surface area contributed by atoms with Gasteiger partial charge in [0.15, 0.2) is 0 Å². The minimum absolute atomic E-state index is 0.0582. The van der Waals surface area contributed by atoms with Crippen molar-refractivity contribution in [3.05, 3.63) is 0 Å². The lowest BCUT2D eigenvalue weighted by Gasteiger charge is -2.34. The molecule has 0 aromatic rings. The summed E-state index contributed by atoms with van der Waals surface area (Å²) in [5.74, 6) is 0.466. The highest BCUT2D eigenvalue weighted by molar-refractivity contribution is 7.87. The van der Waals surface area contributed by atoms with E-state index in [0.717, 1.165) is 19.3 Å². The summed E-state index contributed by atoms with van der Waals surface area (Å²) < 4.78 is 34.2. The average molecular weight is 307 g/mol. The van der Waals surface area contributed by atoms with Crippen molar-refractivity contribution in [1.29, 1.82) is 0 Å². The molecule has 1 atom stereocenters. The Morgan fingerprint density at radius 2 is 2.10 bits per heavy atom. The molecule has 20 heavy (non-hydrogen) atoms. The fourth-order valence-electron chi connectivity index (χ4n) is 2.37. The van der Waals surface area contributed by atoms with E-state index in [4.69, 9.17) is 4.74 Å². The van der Waals surface area contributed by atoms with Crippen molar-refractivity contribution in [1.82, 2.24) is 14.3 Å². The largest absolute Gasteiger partial charge is 0.380 e. The van der Waals surface area contributed by atoms with Crippen LogP contribution in [0.2, 0.25) is 0 Å². The van der Waals surface area contributed by atoms with Gasteiger partial charge in [0.2, 0.25) is 0 Å². The maximum atomic E-state index is 12.3. The minimum Gasteiger partial charge on any atom is -0.380 e. The summed E-state index contributed by atoms with van der Waals surface area (Å²) in [6.45, 7) is 6.85. The van der Waals surface area contributed by atoms with Gasteiger partial charge in [0.1, 0.15) is 0 Å². The molecule has 0 bridgehead atoms. The van der Waals surface area contributed by atoms with Crippen LogP contribution in [0.25, 0.3) is 0 Å².